The Kier molecular flexibility index (Phi) is 5.51. The average Bonchev–Trinajstić information content (AvgIpc) is 3.65. The standard InChI is InChI=1S/C25H29N7O/c1-16-18(14-26)5-4-6-20(16)17(2)27-24-22-15-32(19-7-8-19)23(33)13-21(22)25(29-28-24)31-11-9-30(3)10-12-31/h4-6,13,15,17,19H,7-12H2,1-3H3,(H,27,28)/t17-/m1/s1. The first-order chi connectivity index (χ1) is 16.0. The van der Waals surface area contributed by atoms with Crippen molar-refractivity contribution in [3.8, 4) is 6.07 Å². The zero-order valence-corrected chi connectivity index (χ0v) is 19.4. The number of hydrogen-bond donors (Lipinski definition) is 1. The Hall–Kier alpha value is -3.44. The smallest absolute Gasteiger partial charge is 0.251 e. The van der Waals surface area contributed by atoms with Gasteiger partial charge in [0, 0.05) is 55.3 Å². The minimum absolute atomic E-state index is 0.0185. The van der Waals surface area contributed by atoms with E-state index in [0.717, 1.165) is 66.7 Å². The van der Waals surface area contributed by atoms with Crippen LogP contribution in [0.4, 0.5) is 11.6 Å². The molecule has 3 aromatic rings. The summed E-state index contributed by atoms with van der Waals surface area (Å²) >= 11 is 0. The van der Waals surface area contributed by atoms with Crippen LogP contribution >= 0.6 is 0 Å². The number of aromatic nitrogens is 3. The van der Waals surface area contributed by atoms with Gasteiger partial charge in [-0.1, -0.05) is 12.1 Å². The molecule has 33 heavy (non-hydrogen) atoms. The van der Waals surface area contributed by atoms with Crippen molar-refractivity contribution in [2.45, 2.75) is 38.8 Å². The fourth-order valence-corrected chi connectivity index (χ4v) is 4.65. The molecular formula is C25H29N7O. The van der Waals surface area contributed by atoms with Crippen LogP contribution in [0.3, 0.4) is 0 Å². The lowest BCUT2D eigenvalue weighted by Gasteiger charge is -2.33. The molecule has 0 amide bonds. The Balaban J connectivity index is 1.57. The van der Waals surface area contributed by atoms with Gasteiger partial charge in [0.1, 0.15) is 0 Å². The Morgan fingerprint density at radius 3 is 2.61 bits per heavy atom. The predicted octanol–water partition coefficient (Wildman–Crippen LogP) is 3.23. The molecule has 0 radical (unpaired) electrons. The summed E-state index contributed by atoms with van der Waals surface area (Å²) in [6.45, 7) is 7.64. The second-order valence-electron chi connectivity index (χ2n) is 9.24. The quantitative estimate of drug-likeness (QED) is 0.647. The number of anilines is 2. The van der Waals surface area contributed by atoms with Crippen molar-refractivity contribution >= 4 is 22.4 Å². The molecule has 1 atom stereocenters. The minimum atomic E-state index is -0.0772. The van der Waals surface area contributed by atoms with Crippen LogP contribution in [-0.4, -0.2) is 52.9 Å². The maximum absolute atomic E-state index is 12.9. The monoisotopic (exact) mass is 443 g/mol. The van der Waals surface area contributed by atoms with Gasteiger partial charge in [-0.2, -0.15) is 5.26 Å². The van der Waals surface area contributed by atoms with E-state index in [1.165, 1.54) is 0 Å². The second-order valence-corrected chi connectivity index (χ2v) is 9.24. The van der Waals surface area contributed by atoms with Crippen LogP contribution in [0, 0.1) is 18.3 Å². The van der Waals surface area contributed by atoms with Crippen molar-refractivity contribution in [2.24, 2.45) is 0 Å². The van der Waals surface area contributed by atoms with E-state index in [9.17, 15) is 10.1 Å². The van der Waals surface area contributed by atoms with Crippen molar-refractivity contribution in [1.82, 2.24) is 19.7 Å². The Bertz CT molecular complexity index is 1300. The fraction of sp³-hybridized carbons (Fsp3) is 0.440. The molecule has 2 aromatic heterocycles. The highest BCUT2D eigenvalue weighted by Crippen LogP contribution is 2.36. The summed E-state index contributed by atoms with van der Waals surface area (Å²) in [6.07, 6.45) is 4.03. The molecule has 2 aliphatic rings. The van der Waals surface area contributed by atoms with Gasteiger partial charge in [0.2, 0.25) is 0 Å². The van der Waals surface area contributed by atoms with Gasteiger partial charge >= 0.3 is 0 Å². The number of rotatable bonds is 5. The highest BCUT2D eigenvalue weighted by molar-refractivity contribution is 5.98. The molecule has 1 N–H and O–H groups in total. The lowest BCUT2D eigenvalue weighted by Crippen LogP contribution is -2.45. The van der Waals surface area contributed by atoms with Crippen LogP contribution in [-0.2, 0) is 0 Å². The number of nitriles is 1. The number of piperazine rings is 1. The third-order valence-electron chi connectivity index (χ3n) is 6.88. The minimum Gasteiger partial charge on any atom is -0.361 e. The van der Waals surface area contributed by atoms with Gasteiger partial charge in [-0.3, -0.25) is 4.79 Å². The van der Waals surface area contributed by atoms with Crippen molar-refractivity contribution in [2.75, 3.05) is 43.4 Å². The number of likely N-dealkylation sites (N-methyl/N-ethyl adjacent to an activating group) is 1. The molecule has 2 fully saturated rings. The van der Waals surface area contributed by atoms with E-state index < -0.39 is 0 Å². The van der Waals surface area contributed by atoms with Crippen LogP contribution in [0.1, 0.15) is 48.5 Å². The van der Waals surface area contributed by atoms with E-state index in [4.69, 9.17) is 0 Å². The number of nitrogens with one attached hydrogen (secondary N) is 1. The number of benzene rings is 1. The van der Waals surface area contributed by atoms with Gasteiger partial charge < -0.3 is 19.7 Å². The largest absolute Gasteiger partial charge is 0.361 e. The van der Waals surface area contributed by atoms with E-state index in [-0.39, 0.29) is 17.6 Å². The molecule has 8 nitrogen and oxygen atoms in total. The zero-order valence-electron chi connectivity index (χ0n) is 19.4. The maximum atomic E-state index is 12.9. The maximum Gasteiger partial charge on any atom is 0.251 e. The SMILES string of the molecule is Cc1c(C#N)cccc1[C@@H](C)Nc1nnc(N2CCN(C)CC2)c2cc(=O)n(C3CC3)cc12. The number of pyridine rings is 1. The molecule has 0 spiro atoms. The highest BCUT2D eigenvalue weighted by atomic mass is 16.1. The molecule has 1 aliphatic heterocycles. The number of nitrogens with zero attached hydrogens (tertiary/aromatic N) is 6. The van der Waals surface area contributed by atoms with Gasteiger partial charge in [-0.25, -0.2) is 0 Å². The van der Waals surface area contributed by atoms with Crippen molar-refractivity contribution < 1.29 is 0 Å². The summed E-state index contributed by atoms with van der Waals surface area (Å²) in [5, 5.41) is 23.8. The summed E-state index contributed by atoms with van der Waals surface area (Å²) in [5.74, 6) is 1.44. The summed E-state index contributed by atoms with van der Waals surface area (Å²) in [5.41, 5.74) is 2.69. The third kappa shape index (κ3) is 4.05. The molecule has 170 valence electrons. The molecule has 8 heteroatoms. The van der Waals surface area contributed by atoms with Crippen LogP contribution < -0.4 is 15.8 Å². The molecule has 1 saturated carbocycles. The van der Waals surface area contributed by atoms with E-state index in [2.05, 4.69) is 45.4 Å². The molecular weight excluding hydrogens is 414 g/mol. The van der Waals surface area contributed by atoms with E-state index in [0.29, 0.717) is 11.4 Å². The summed E-state index contributed by atoms with van der Waals surface area (Å²) in [7, 11) is 2.12. The summed E-state index contributed by atoms with van der Waals surface area (Å²) in [4.78, 5) is 17.4. The van der Waals surface area contributed by atoms with E-state index in [1.54, 1.807) is 6.07 Å². The molecule has 1 aliphatic carbocycles. The summed E-state index contributed by atoms with van der Waals surface area (Å²) in [6, 6.07) is 9.96. The van der Waals surface area contributed by atoms with Crippen molar-refractivity contribution in [3.05, 3.63) is 57.5 Å². The Labute approximate surface area is 193 Å². The second kappa shape index (κ2) is 8.49. The highest BCUT2D eigenvalue weighted by Gasteiger charge is 2.27. The topological polar surface area (TPSA) is 90.1 Å². The third-order valence-corrected chi connectivity index (χ3v) is 6.88. The molecule has 1 saturated heterocycles. The first kappa shape index (κ1) is 21.4. The van der Waals surface area contributed by atoms with Gasteiger partial charge in [0.05, 0.1) is 17.7 Å². The van der Waals surface area contributed by atoms with Gasteiger partial charge in [0.25, 0.3) is 5.56 Å². The first-order valence-electron chi connectivity index (χ1n) is 11.6. The predicted molar refractivity (Wildman–Crippen MR) is 130 cm³/mol. The number of hydrogen-bond acceptors (Lipinski definition) is 7. The lowest BCUT2D eigenvalue weighted by molar-refractivity contribution is 0.312. The van der Waals surface area contributed by atoms with Crippen LogP contribution in [0.2, 0.25) is 0 Å². The fourth-order valence-electron chi connectivity index (χ4n) is 4.65. The normalized spacial score (nSPS) is 17.7. The van der Waals surface area contributed by atoms with E-state index in [1.807, 2.05) is 35.9 Å². The number of fused-ring (bicyclic) bond motifs is 1. The zero-order chi connectivity index (χ0) is 23.1. The van der Waals surface area contributed by atoms with Crippen molar-refractivity contribution in [1.29, 1.82) is 5.26 Å². The van der Waals surface area contributed by atoms with Gasteiger partial charge in [-0.05, 0) is 50.9 Å². The van der Waals surface area contributed by atoms with Gasteiger partial charge in [0.15, 0.2) is 11.6 Å². The lowest BCUT2D eigenvalue weighted by atomic mass is 9.98. The van der Waals surface area contributed by atoms with E-state index >= 15 is 0 Å². The van der Waals surface area contributed by atoms with Gasteiger partial charge in [-0.15, -0.1) is 10.2 Å². The molecule has 0 unspecified atom stereocenters. The first-order valence-corrected chi connectivity index (χ1v) is 11.6. The molecule has 5 rings (SSSR count). The molecule has 1 aromatic carbocycles. The Morgan fingerprint density at radius 1 is 1.15 bits per heavy atom. The average molecular weight is 444 g/mol. The summed E-state index contributed by atoms with van der Waals surface area (Å²) < 4.78 is 1.84. The molecule has 0 bridgehead atoms. The van der Waals surface area contributed by atoms with Crippen LogP contribution in [0.5, 0.6) is 0 Å². The Morgan fingerprint density at radius 2 is 1.91 bits per heavy atom. The van der Waals surface area contributed by atoms with Crippen molar-refractivity contribution in [3.63, 3.8) is 0 Å². The van der Waals surface area contributed by atoms with Crippen LogP contribution in [0.15, 0.2) is 35.3 Å². The van der Waals surface area contributed by atoms with Crippen LogP contribution in [0.25, 0.3) is 10.8 Å². The molecule has 3 heterocycles.